The van der Waals surface area contributed by atoms with Crippen molar-refractivity contribution in [1.82, 2.24) is 0 Å². The topological polar surface area (TPSA) is 38.3 Å². The average Bonchev–Trinajstić information content (AvgIpc) is 2.45. The first-order valence-electron chi connectivity index (χ1n) is 6.47. The molecule has 0 aliphatic heterocycles. The molecule has 1 atom stereocenters. The van der Waals surface area contributed by atoms with Crippen molar-refractivity contribution in [2.75, 3.05) is 5.32 Å². The van der Waals surface area contributed by atoms with Gasteiger partial charge in [0, 0.05) is 9.26 Å². The lowest BCUT2D eigenvalue weighted by molar-refractivity contribution is -0.122. The molecule has 0 aromatic heterocycles. The van der Waals surface area contributed by atoms with E-state index < -0.39 is 6.10 Å². The number of hydrogen-bond acceptors (Lipinski definition) is 2. The highest BCUT2D eigenvalue weighted by molar-refractivity contribution is 14.1. The molecule has 0 bridgehead atoms. The minimum absolute atomic E-state index is 0.127. The molecule has 104 valence electrons. The van der Waals surface area contributed by atoms with Crippen molar-refractivity contribution in [1.29, 1.82) is 0 Å². The molecule has 20 heavy (non-hydrogen) atoms. The quantitative estimate of drug-likeness (QED) is 0.793. The van der Waals surface area contributed by atoms with Crippen LogP contribution in [0.3, 0.4) is 0 Å². The molecule has 1 N–H and O–H groups in total. The Morgan fingerprint density at radius 1 is 1.20 bits per heavy atom. The van der Waals surface area contributed by atoms with Gasteiger partial charge >= 0.3 is 0 Å². The highest BCUT2D eigenvalue weighted by Crippen LogP contribution is 2.16. The van der Waals surface area contributed by atoms with E-state index in [1.54, 1.807) is 0 Å². The molecule has 4 heteroatoms. The Morgan fingerprint density at radius 3 is 2.60 bits per heavy atom. The lowest BCUT2D eigenvalue weighted by Gasteiger charge is -2.17. The van der Waals surface area contributed by atoms with E-state index in [2.05, 4.69) is 27.9 Å². The fourth-order valence-corrected chi connectivity index (χ4v) is 2.32. The molecule has 2 rings (SSSR count). The summed E-state index contributed by atoms with van der Waals surface area (Å²) < 4.78 is 6.79. The summed E-state index contributed by atoms with van der Waals surface area (Å²) >= 11 is 2.21. The van der Waals surface area contributed by atoms with E-state index in [0.29, 0.717) is 12.2 Å². The van der Waals surface area contributed by atoms with Gasteiger partial charge < -0.3 is 10.1 Å². The van der Waals surface area contributed by atoms with Gasteiger partial charge in [-0.3, -0.25) is 4.79 Å². The molecule has 0 spiro atoms. The molecule has 1 unspecified atom stereocenters. The Bertz CT molecular complexity index is 572. The lowest BCUT2D eigenvalue weighted by atomic mass is 10.2. The number of carbonyl (C=O) groups is 1. The van der Waals surface area contributed by atoms with Crippen LogP contribution in [0.15, 0.2) is 54.6 Å². The summed E-state index contributed by atoms with van der Waals surface area (Å²) in [6.07, 6.45) is 0.125. The predicted octanol–water partition coefficient (Wildman–Crippen LogP) is 4.09. The standard InChI is InChI=1S/C16H16INO2/c1-2-15(20-14-9-4-3-5-10-14)16(19)18-13-8-6-7-12(17)11-13/h3-11,15H,2H2,1H3,(H,18,19). The zero-order chi connectivity index (χ0) is 14.4. The second kappa shape index (κ2) is 7.28. The summed E-state index contributed by atoms with van der Waals surface area (Å²) in [5, 5.41) is 2.89. The van der Waals surface area contributed by atoms with Crippen molar-refractivity contribution < 1.29 is 9.53 Å². The monoisotopic (exact) mass is 381 g/mol. The fourth-order valence-electron chi connectivity index (χ4n) is 1.77. The fraction of sp³-hybridized carbons (Fsp3) is 0.188. The van der Waals surface area contributed by atoms with E-state index in [4.69, 9.17) is 4.74 Å². The van der Waals surface area contributed by atoms with Crippen molar-refractivity contribution in [3.63, 3.8) is 0 Å². The van der Waals surface area contributed by atoms with Gasteiger partial charge in [0.15, 0.2) is 6.10 Å². The normalized spacial score (nSPS) is 11.7. The number of amides is 1. The van der Waals surface area contributed by atoms with Crippen LogP contribution < -0.4 is 10.1 Å². The van der Waals surface area contributed by atoms with Crippen LogP contribution in [0.1, 0.15) is 13.3 Å². The van der Waals surface area contributed by atoms with E-state index >= 15 is 0 Å². The van der Waals surface area contributed by atoms with Crippen LogP contribution in [-0.2, 0) is 4.79 Å². The van der Waals surface area contributed by atoms with Gasteiger partial charge in [-0.05, 0) is 59.3 Å². The van der Waals surface area contributed by atoms with Crippen LogP contribution in [-0.4, -0.2) is 12.0 Å². The van der Waals surface area contributed by atoms with E-state index in [1.165, 1.54) is 0 Å². The van der Waals surface area contributed by atoms with Gasteiger partial charge in [0.1, 0.15) is 5.75 Å². The number of rotatable bonds is 5. The molecule has 2 aromatic carbocycles. The molecule has 1 amide bonds. The second-order valence-corrected chi connectivity index (χ2v) is 5.57. The molecule has 3 nitrogen and oxygen atoms in total. The van der Waals surface area contributed by atoms with Crippen molar-refractivity contribution in [2.45, 2.75) is 19.4 Å². The maximum atomic E-state index is 12.2. The number of hydrogen-bond donors (Lipinski definition) is 1. The van der Waals surface area contributed by atoms with Gasteiger partial charge in [-0.2, -0.15) is 0 Å². The third-order valence-electron chi connectivity index (χ3n) is 2.78. The van der Waals surface area contributed by atoms with E-state index in [-0.39, 0.29) is 5.91 Å². The minimum Gasteiger partial charge on any atom is -0.481 e. The van der Waals surface area contributed by atoms with Crippen LogP contribution in [0.4, 0.5) is 5.69 Å². The first-order valence-corrected chi connectivity index (χ1v) is 7.55. The number of anilines is 1. The largest absolute Gasteiger partial charge is 0.481 e. The first-order chi connectivity index (χ1) is 9.69. The highest BCUT2D eigenvalue weighted by Gasteiger charge is 2.18. The van der Waals surface area contributed by atoms with Gasteiger partial charge in [-0.1, -0.05) is 31.2 Å². The average molecular weight is 381 g/mol. The summed E-state index contributed by atoms with van der Waals surface area (Å²) in [6, 6.07) is 17.1. The number of para-hydroxylation sites is 1. The van der Waals surface area contributed by atoms with Gasteiger partial charge in [-0.15, -0.1) is 0 Å². The van der Waals surface area contributed by atoms with Crippen LogP contribution in [0.25, 0.3) is 0 Å². The summed E-state index contributed by atoms with van der Waals surface area (Å²) in [6.45, 7) is 1.93. The highest BCUT2D eigenvalue weighted by atomic mass is 127. The summed E-state index contributed by atoms with van der Waals surface area (Å²) in [5.41, 5.74) is 0.789. The Kier molecular flexibility index (Phi) is 5.40. The number of nitrogens with one attached hydrogen (secondary N) is 1. The third-order valence-corrected chi connectivity index (χ3v) is 3.45. The van der Waals surface area contributed by atoms with Crippen LogP contribution >= 0.6 is 22.6 Å². The zero-order valence-corrected chi connectivity index (χ0v) is 13.3. The Balaban J connectivity index is 2.02. The van der Waals surface area contributed by atoms with Gasteiger partial charge in [0.25, 0.3) is 5.91 Å². The molecule has 0 aliphatic rings. The van der Waals surface area contributed by atoms with Gasteiger partial charge in [0.05, 0.1) is 0 Å². The van der Waals surface area contributed by atoms with Gasteiger partial charge in [0.2, 0.25) is 0 Å². The van der Waals surface area contributed by atoms with E-state index in [1.807, 2.05) is 61.5 Å². The number of carbonyl (C=O) groups excluding carboxylic acids is 1. The van der Waals surface area contributed by atoms with Crippen LogP contribution in [0, 0.1) is 3.57 Å². The molecule has 0 aliphatic carbocycles. The summed E-state index contributed by atoms with van der Waals surface area (Å²) in [5.74, 6) is 0.579. The molecule has 2 aromatic rings. The van der Waals surface area contributed by atoms with E-state index in [0.717, 1.165) is 9.26 Å². The molecule has 0 saturated carbocycles. The van der Waals surface area contributed by atoms with Gasteiger partial charge in [-0.25, -0.2) is 0 Å². The SMILES string of the molecule is CCC(Oc1ccccc1)C(=O)Nc1cccc(I)c1. The molecule has 0 heterocycles. The van der Waals surface area contributed by atoms with Crippen LogP contribution in [0.2, 0.25) is 0 Å². The maximum Gasteiger partial charge on any atom is 0.265 e. The number of benzene rings is 2. The first kappa shape index (κ1) is 14.8. The molecular formula is C16H16INO2. The predicted molar refractivity (Wildman–Crippen MR) is 88.9 cm³/mol. The number of halogens is 1. The van der Waals surface area contributed by atoms with E-state index in [9.17, 15) is 4.79 Å². The Hall–Kier alpha value is -1.56. The Labute approximate surface area is 132 Å². The van der Waals surface area contributed by atoms with Crippen LogP contribution in [0.5, 0.6) is 5.75 Å². The molecule has 0 fully saturated rings. The molecule has 0 radical (unpaired) electrons. The molecular weight excluding hydrogens is 365 g/mol. The van der Waals surface area contributed by atoms with Crippen molar-refractivity contribution >= 4 is 34.2 Å². The summed E-state index contributed by atoms with van der Waals surface area (Å²) in [4.78, 5) is 12.2. The third kappa shape index (κ3) is 4.23. The van der Waals surface area contributed by atoms with Crippen molar-refractivity contribution in [3.8, 4) is 5.75 Å². The second-order valence-electron chi connectivity index (χ2n) is 4.33. The van der Waals surface area contributed by atoms with Crippen molar-refractivity contribution in [3.05, 3.63) is 58.2 Å². The smallest absolute Gasteiger partial charge is 0.265 e. The number of ether oxygens (including phenoxy) is 1. The maximum absolute atomic E-state index is 12.2. The Morgan fingerprint density at radius 2 is 1.95 bits per heavy atom. The molecule has 0 saturated heterocycles. The van der Waals surface area contributed by atoms with Crippen molar-refractivity contribution in [2.24, 2.45) is 0 Å². The minimum atomic E-state index is -0.490. The zero-order valence-electron chi connectivity index (χ0n) is 11.2. The summed E-state index contributed by atoms with van der Waals surface area (Å²) in [7, 11) is 0. The lowest BCUT2D eigenvalue weighted by Crippen LogP contribution is -2.32.